The van der Waals surface area contributed by atoms with Gasteiger partial charge in [-0.2, -0.15) is 0 Å². The van der Waals surface area contributed by atoms with Crippen molar-refractivity contribution >= 4 is 11.9 Å². The minimum atomic E-state index is -0.835. The van der Waals surface area contributed by atoms with Crippen LogP contribution in [0.15, 0.2) is 18.2 Å². The molecule has 2 bridgehead atoms. The summed E-state index contributed by atoms with van der Waals surface area (Å²) in [4.78, 5) is 24.3. The highest BCUT2D eigenvalue weighted by Crippen LogP contribution is 2.52. The van der Waals surface area contributed by atoms with Crippen LogP contribution in [0.2, 0.25) is 0 Å². The number of carbonyl (C=O) groups is 2. The molecule has 1 heterocycles. The Labute approximate surface area is 140 Å². The average molecular weight is 331 g/mol. The Morgan fingerprint density at radius 3 is 2.62 bits per heavy atom. The number of carbonyl (C=O) groups excluding carboxylic acids is 1. The van der Waals surface area contributed by atoms with Gasteiger partial charge in [0.1, 0.15) is 0 Å². The lowest BCUT2D eigenvalue weighted by Crippen LogP contribution is -2.42. The Kier molecular flexibility index (Phi) is 3.62. The van der Waals surface area contributed by atoms with Crippen LogP contribution in [0.1, 0.15) is 37.8 Å². The Morgan fingerprint density at radius 2 is 1.88 bits per heavy atom. The second kappa shape index (κ2) is 5.69. The molecule has 2 fully saturated rings. The summed E-state index contributed by atoms with van der Waals surface area (Å²) in [6, 6.07) is 5.38. The predicted molar refractivity (Wildman–Crippen MR) is 84.6 cm³/mol. The highest BCUT2D eigenvalue weighted by Gasteiger charge is 2.54. The van der Waals surface area contributed by atoms with Gasteiger partial charge in [0, 0.05) is 0 Å². The van der Waals surface area contributed by atoms with E-state index in [-0.39, 0.29) is 30.6 Å². The molecule has 0 saturated heterocycles. The van der Waals surface area contributed by atoms with Crippen LogP contribution in [0.25, 0.3) is 0 Å². The summed E-state index contributed by atoms with van der Waals surface area (Å²) in [5.41, 5.74) is 0.919. The van der Waals surface area contributed by atoms with Crippen LogP contribution in [0, 0.1) is 23.7 Å². The fraction of sp³-hybridized carbons (Fsp3) is 0.556. The van der Waals surface area contributed by atoms with Crippen molar-refractivity contribution in [2.45, 2.75) is 32.2 Å². The lowest BCUT2D eigenvalue weighted by Gasteiger charge is -2.28. The maximum atomic E-state index is 12.7. The van der Waals surface area contributed by atoms with E-state index in [9.17, 15) is 14.7 Å². The lowest BCUT2D eigenvalue weighted by atomic mass is 9.78. The van der Waals surface area contributed by atoms with Crippen molar-refractivity contribution in [3.63, 3.8) is 0 Å². The number of hydrogen-bond donors (Lipinski definition) is 2. The van der Waals surface area contributed by atoms with Crippen LogP contribution in [0.3, 0.4) is 0 Å². The van der Waals surface area contributed by atoms with Crippen molar-refractivity contribution in [3.05, 3.63) is 23.8 Å². The molecular weight excluding hydrogens is 310 g/mol. The van der Waals surface area contributed by atoms with Gasteiger partial charge in [-0.25, -0.2) is 0 Å². The van der Waals surface area contributed by atoms with Gasteiger partial charge in [-0.1, -0.05) is 6.07 Å². The molecule has 6 nitrogen and oxygen atoms in total. The third-order valence-corrected chi connectivity index (χ3v) is 5.76. The summed E-state index contributed by atoms with van der Waals surface area (Å²) in [5, 5.41) is 12.5. The Balaban J connectivity index is 1.48. The van der Waals surface area contributed by atoms with E-state index in [0.29, 0.717) is 11.5 Å². The normalized spacial score (nSPS) is 31.0. The van der Waals surface area contributed by atoms with Crippen molar-refractivity contribution in [1.82, 2.24) is 5.32 Å². The summed E-state index contributed by atoms with van der Waals surface area (Å²) >= 11 is 0. The molecule has 0 aromatic heterocycles. The van der Waals surface area contributed by atoms with Crippen molar-refractivity contribution < 1.29 is 24.2 Å². The van der Waals surface area contributed by atoms with Gasteiger partial charge in [0.2, 0.25) is 12.7 Å². The Hall–Kier alpha value is -2.24. The topological polar surface area (TPSA) is 84.9 Å². The van der Waals surface area contributed by atoms with Crippen LogP contribution in [0.4, 0.5) is 0 Å². The molecule has 1 aromatic carbocycles. The first-order valence-corrected chi connectivity index (χ1v) is 8.47. The van der Waals surface area contributed by atoms with E-state index in [0.717, 1.165) is 24.8 Å². The van der Waals surface area contributed by atoms with Crippen LogP contribution < -0.4 is 14.8 Å². The highest BCUT2D eigenvalue weighted by atomic mass is 16.7. The predicted octanol–water partition coefficient (Wildman–Crippen LogP) is 2.34. The van der Waals surface area contributed by atoms with Crippen molar-refractivity contribution in [2.24, 2.45) is 23.7 Å². The van der Waals surface area contributed by atoms with E-state index in [1.807, 2.05) is 25.1 Å². The second-order valence-corrected chi connectivity index (χ2v) is 7.07. The lowest BCUT2D eigenvalue weighted by molar-refractivity contribution is -0.149. The quantitative estimate of drug-likeness (QED) is 0.884. The average Bonchev–Trinajstić information content (AvgIpc) is 3.28. The summed E-state index contributed by atoms with van der Waals surface area (Å²) in [6.45, 7) is 2.11. The van der Waals surface area contributed by atoms with E-state index in [1.165, 1.54) is 0 Å². The molecule has 3 aliphatic rings. The zero-order valence-electron chi connectivity index (χ0n) is 13.5. The molecule has 6 heteroatoms. The fourth-order valence-electron chi connectivity index (χ4n) is 4.60. The molecule has 0 unspecified atom stereocenters. The smallest absolute Gasteiger partial charge is 0.307 e. The number of fused-ring (bicyclic) bond motifs is 3. The number of amides is 1. The first kappa shape index (κ1) is 15.3. The van der Waals surface area contributed by atoms with Crippen LogP contribution in [-0.4, -0.2) is 23.8 Å². The van der Waals surface area contributed by atoms with Gasteiger partial charge in [-0.05, 0) is 55.7 Å². The molecular formula is C18H21NO5. The van der Waals surface area contributed by atoms with Gasteiger partial charge >= 0.3 is 5.97 Å². The molecule has 2 N–H and O–H groups in total. The second-order valence-electron chi connectivity index (χ2n) is 7.07. The monoisotopic (exact) mass is 331 g/mol. The zero-order valence-corrected chi connectivity index (χ0v) is 13.5. The van der Waals surface area contributed by atoms with Crippen molar-refractivity contribution in [3.8, 4) is 11.5 Å². The third-order valence-electron chi connectivity index (χ3n) is 5.76. The number of aliphatic carboxylic acids is 1. The number of rotatable bonds is 4. The first-order chi connectivity index (χ1) is 11.5. The van der Waals surface area contributed by atoms with E-state index < -0.39 is 17.8 Å². The molecule has 2 aliphatic carbocycles. The molecule has 24 heavy (non-hydrogen) atoms. The first-order valence-electron chi connectivity index (χ1n) is 8.47. The third kappa shape index (κ3) is 2.41. The summed E-state index contributed by atoms with van der Waals surface area (Å²) in [5.74, 6) is -0.166. The van der Waals surface area contributed by atoms with E-state index >= 15 is 0 Å². The molecule has 1 amide bonds. The summed E-state index contributed by atoms with van der Waals surface area (Å²) < 4.78 is 10.7. The van der Waals surface area contributed by atoms with Gasteiger partial charge in [-0.15, -0.1) is 0 Å². The van der Waals surface area contributed by atoms with Gasteiger partial charge in [-0.3, -0.25) is 9.59 Å². The van der Waals surface area contributed by atoms with Gasteiger partial charge in [0.05, 0.1) is 17.9 Å². The van der Waals surface area contributed by atoms with Crippen LogP contribution >= 0.6 is 0 Å². The zero-order chi connectivity index (χ0) is 16.8. The molecule has 2 saturated carbocycles. The molecule has 0 radical (unpaired) electrons. The van der Waals surface area contributed by atoms with Gasteiger partial charge in [0.15, 0.2) is 11.5 Å². The number of carboxylic acids is 1. The van der Waals surface area contributed by atoms with Gasteiger partial charge in [0.25, 0.3) is 0 Å². The molecule has 5 atom stereocenters. The number of nitrogens with one attached hydrogen (secondary N) is 1. The Bertz CT molecular complexity index is 688. The maximum absolute atomic E-state index is 12.7. The molecule has 1 aromatic rings. The summed E-state index contributed by atoms with van der Waals surface area (Å²) in [7, 11) is 0. The fourth-order valence-corrected chi connectivity index (χ4v) is 4.60. The molecule has 4 rings (SSSR count). The number of hydrogen-bond acceptors (Lipinski definition) is 4. The molecule has 1 aliphatic heterocycles. The maximum Gasteiger partial charge on any atom is 0.307 e. The number of carboxylic acid groups (broad SMARTS) is 1. The minimum absolute atomic E-state index is 0.139. The molecule has 128 valence electrons. The highest BCUT2D eigenvalue weighted by molar-refractivity contribution is 5.86. The van der Waals surface area contributed by atoms with Crippen LogP contribution in [0.5, 0.6) is 11.5 Å². The minimum Gasteiger partial charge on any atom is -0.481 e. The number of benzene rings is 1. The van der Waals surface area contributed by atoms with E-state index in [4.69, 9.17) is 9.47 Å². The number of ether oxygens (including phenoxy) is 2. The van der Waals surface area contributed by atoms with Crippen molar-refractivity contribution in [2.75, 3.05) is 6.79 Å². The largest absolute Gasteiger partial charge is 0.481 e. The van der Waals surface area contributed by atoms with E-state index in [2.05, 4.69) is 5.32 Å². The van der Waals surface area contributed by atoms with E-state index in [1.54, 1.807) is 0 Å². The van der Waals surface area contributed by atoms with Crippen LogP contribution in [-0.2, 0) is 9.59 Å². The SMILES string of the molecule is C[C@@H](NC(=O)[C@H]1[C@@H]2CC[C@@H](C2)[C@@H]1C(=O)O)c1ccc2c(c1)OCO2. The summed E-state index contributed by atoms with van der Waals surface area (Å²) in [6.07, 6.45) is 2.77. The Morgan fingerprint density at radius 1 is 1.17 bits per heavy atom. The van der Waals surface area contributed by atoms with Crippen molar-refractivity contribution in [1.29, 1.82) is 0 Å². The standard InChI is InChI=1S/C18H21NO5/c1-9(10-4-5-13-14(7-10)24-8-23-13)19-17(20)15-11-2-3-12(6-11)16(15)18(21)22/h4-5,7,9,11-12,15-16H,2-3,6,8H2,1H3,(H,19,20)(H,21,22)/t9-,11-,12+,15+,16+/m1/s1. The molecule has 0 spiro atoms. The van der Waals surface area contributed by atoms with Gasteiger partial charge < -0.3 is 19.9 Å².